The molecule has 1 atom stereocenters. The minimum Gasteiger partial charge on any atom is -0.486 e. The van der Waals surface area contributed by atoms with Gasteiger partial charge in [-0.2, -0.15) is 0 Å². The summed E-state index contributed by atoms with van der Waals surface area (Å²) < 4.78 is 55.7. The second-order valence-electron chi connectivity index (χ2n) is 10.8. The molecule has 2 amide bonds. The van der Waals surface area contributed by atoms with Gasteiger partial charge in [0.15, 0.2) is 11.5 Å². The number of halogens is 1. The molecule has 0 aliphatic carbocycles. The van der Waals surface area contributed by atoms with E-state index in [0.29, 0.717) is 31.1 Å². The van der Waals surface area contributed by atoms with Crippen LogP contribution in [-0.4, -0.2) is 57.5 Å². The Balaban J connectivity index is 1.58. The molecule has 0 spiro atoms. The summed E-state index contributed by atoms with van der Waals surface area (Å²) in [6.07, 6.45) is 0.796. The Morgan fingerprint density at radius 3 is 2.22 bits per heavy atom. The van der Waals surface area contributed by atoms with Gasteiger partial charge >= 0.3 is 0 Å². The van der Waals surface area contributed by atoms with E-state index < -0.39 is 40.2 Å². The van der Waals surface area contributed by atoms with E-state index >= 15 is 4.39 Å². The minimum atomic E-state index is -4.29. The fraction of sp³-hybridized carbons (Fsp3) is 0.257. The minimum absolute atomic E-state index is 0.0279. The second kappa shape index (κ2) is 14.9. The molecule has 5 rings (SSSR count). The lowest BCUT2D eigenvalue weighted by Crippen LogP contribution is -2.53. The number of rotatable bonds is 13. The molecule has 0 aromatic heterocycles. The van der Waals surface area contributed by atoms with Crippen molar-refractivity contribution in [3.05, 3.63) is 120 Å². The molecule has 0 fully saturated rings. The first kappa shape index (κ1) is 32.5. The average molecular weight is 646 g/mol. The average Bonchev–Trinajstić information content (AvgIpc) is 3.08. The van der Waals surface area contributed by atoms with Crippen LogP contribution < -0.4 is 19.1 Å². The Morgan fingerprint density at radius 1 is 0.870 bits per heavy atom. The van der Waals surface area contributed by atoms with Gasteiger partial charge in [-0.25, -0.2) is 12.8 Å². The molecule has 9 nitrogen and oxygen atoms in total. The van der Waals surface area contributed by atoms with Crippen LogP contribution in [0, 0.1) is 5.82 Å². The maximum Gasteiger partial charge on any atom is 0.264 e. The first-order valence-corrected chi connectivity index (χ1v) is 16.5. The largest absolute Gasteiger partial charge is 0.486 e. The second-order valence-corrected chi connectivity index (χ2v) is 12.6. The molecule has 4 aromatic carbocycles. The van der Waals surface area contributed by atoms with Crippen LogP contribution in [0.2, 0.25) is 0 Å². The summed E-state index contributed by atoms with van der Waals surface area (Å²) in [6.45, 7) is 1.99. The SMILES string of the molecule is CCCNC(=O)C(Cc1ccccc1)N(Cc1ccccc1F)C(=O)CN(c1ccc2c(c1)OCCO2)S(=O)(=O)c1ccccc1. The van der Waals surface area contributed by atoms with E-state index in [0.717, 1.165) is 9.87 Å². The van der Waals surface area contributed by atoms with Crippen LogP contribution in [0.1, 0.15) is 24.5 Å². The molecule has 1 unspecified atom stereocenters. The van der Waals surface area contributed by atoms with Crippen molar-refractivity contribution in [3.63, 3.8) is 0 Å². The number of amides is 2. The third-order valence-corrected chi connectivity index (χ3v) is 9.33. The highest BCUT2D eigenvalue weighted by Crippen LogP contribution is 2.36. The summed E-state index contributed by atoms with van der Waals surface area (Å²) in [6, 6.07) is 26.5. The topological polar surface area (TPSA) is 105 Å². The van der Waals surface area contributed by atoms with Gasteiger partial charge < -0.3 is 19.7 Å². The summed E-state index contributed by atoms with van der Waals surface area (Å²) in [5.41, 5.74) is 1.14. The number of anilines is 1. The standard InChI is InChI=1S/C35H36FN3O6S/c1-2-19-37-35(41)31(22-26-11-5-3-6-12-26)38(24-27-13-9-10-16-30(27)36)34(40)25-39(46(42,43)29-14-7-4-8-15-29)28-17-18-32-33(23-28)45-21-20-44-32/h3-18,23,31H,2,19-22,24-25H2,1H3,(H,37,41). The number of carbonyl (C=O) groups excluding carboxylic acids is 2. The van der Waals surface area contributed by atoms with Crippen LogP contribution in [0.3, 0.4) is 0 Å². The van der Waals surface area contributed by atoms with Crippen molar-refractivity contribution >= 4 is 27.5 Å². The van der Waals surface area contributed by atoms with Gasteiger partial charge in [-0.1, -0.05) is 73.7 Å². The van der Waals surface area contributed by atoms with Crippen molar-refractivity contribution < 1.29 is 31.9 Å². The summed E-state index contributed by atoms with van der Waals surface area (Å²) in [5.74, 6) is -0.866. The van der Waals surface area contributed by atoms with Crippen LogP contribution in [-0.2, 0) is 32.6 Å². The molecule has 0 bridgehead atoms. The quantitative estimate of drug-likeness (QED) is 0.221. The fourth-order valence-corrected chi connectivity index (χ4v) is 6.59. The number of hydrogen-bond acceptors (Lipinski definition) is 6. The lowest BCUT2D eigenvalue weighted by atomic mass is 10.0. The van der Waals surface area contributed by atoms with E-state index in [4.69, 9.17) is 9.47 Å². The zero-order chi connectivity index (χ0) is 32.5. The third kappa shape index (κ3) is 7.66. The summed E-state index contributed by atoms with van der Waals surface area (Å²) in [5, 5.41) is 2.87. The Kier molecular flexibility index (Phi) is 10.5. The maximum absolute atomic E-state index is 15.0. The zero-order valence-electron chi connectivity index (χ0n) is 25.5. The van der Waals surface area contributed by atoms with E-state index in [9.17, 15) is 18.0 Å². The lowest BCUT2D eigenvalue weighted by molar-refractivity contribution is -0.140. The Hall–Kier alpha value is -4.90. The molecule has 4 aromatic rings. The van der Waals surface area contributed by atoms with Gasteiger partial charge in [0.25, 0.3) is 10.0 Å². The van der Waals surface area contributed by atoms with Gasteiger partial charge in [0, 0.05) is 31.1 Å². The van der Waals surface area contributed by atoms with Crippen LogP contribution in [0.25, 0.3) is 0 Å². The molecule has 0 saturated carbocycles. The number of hydrogen-bond donors (Lipinski definition) is 1. The Morgan fingerprint density at radius 2 is 1.52 bits per heavy atom. The van der Waals surface area contributed by atoms with Crippen LogP contribution in [0.15, 0.2) is 108 Å². The van der Waals surface area contributed by atoms with Crippen LogP contribution in [0.5, 0.6) is 11.5 Å². The molecular weight excluding hydrogens is 609 g/mol. The number of carbonyl (C=O) groups is 2. The first-order chi connectivity index (χ1) is 22.3. The number of nitrogens with one attached hydrogen (secondary N) is 1. The lowest BCUT2D eigenvalue weighted by Gasteiger charge is -2.34. The van der Waals surface area contributed by atoms with Gasteiger partial charge in [-0.3, -0.25) is 13.9 Å². The first-order valence-electron chi connectivity index (χ1n) is 15.1. The molecule has 0 saturated heterocycles. The highest BCUT2D eigenvalue weighted by Gasteiger charge is 2.35. The molecule has 1 heterocycles. The summed E-state index contributed by atoms with van der Waals surface area (Å²) >= 11 is 0. The van der Waals surface area contributed by atoms with E-state index in [1.807, 2.05) is 37.3 Å². The Labute approximate surface area is 268 Å². The van der Waals surface area contributed by atoms with Crippen molar-refractivity contribution in [1.82, 2.24) is 10.2 Å². The fourth-order valence-electron chi connectivity index (χ4n) is 5.17. The maximum atomic E-state index is 15.0. The zero-order valence-corrected chi connectivity index (χ0v) is 26.3. The van der Waals surface area contributed by atoms with Crippen molar-refractivity contribution in [2.45, 2.75) is 37.2 Å². The van der Waals surface area contributed by atoms with Crippen LogP contribution >= 0.6 is 0 Å². The number of ether oxygens (including phenoxy) is 2. The highest BCUT2D eigenvalue weighted by atomic mass is 32.2. The molecule has 1 aliphatic heterocycles. The van der Waals surface area contributed by atoms with Crippen molar-refractivity contribution in [1.29, 1.82) is 0 Å². The van der Waals surface area contributed by atoms with Gasteiger partial charge in [0.1, 0.15) is 31.6 Å². The molecule has 1 N–H and O–H groups in total. The monoisotopic (exact) mass is 645 g/mol. The predicted molar refractivity (Wildman–Crippen MR) is 173 cm³/mol. The van der Waals surface area contributed by atoms with Crippen molar-refractivity contribution in [2.75, 3.05) is 30.6 Å². The normalized spacial score (nSPS) is 13.0. The third-order valence-electron chi connectivity index (χ3n) is 7.54. The van der Waals surface area contributed by atoms with E-state index in [1.54, 1.807) is 36.4 Å². The number of nitrogens with zero attached hydrogens (tertiary/aromatic N) is 2. The molecular formula is C35H36FN3O6S. The van der Waals surface area contributed by atoms with Crippen molar-refractivity contribution in [3.8, 4) is 11.5 Å². The van der Waals surface area contributed by atoms with Gasteiger partial charge in [0.05, 0.1) is 10.6 Å². The number of fused-ring (bicyclic) bond motifs is 1. The Bertz CT molecular complexity index is 1750. The molecule has 46 heavy (non-hydrogen) atoms. The van der Waals surface area contributed by atoms with Gasteiger partial charge in [-0.15, -0.1) is 0 Å². The van der Waals surface area contributed by atoms with E-state index in [1.165, 1.54) is 41.3 Å². The van der Waals surface area contributed by atoms with E-state index in [2.05, 4.69) is 5.32 Å². The van der Waals surface area contributed by atoms with Crippen molar-refractivity contribution in [2.24, 2.45) is 0 Å². The summed E-state index contributed by atoms with van der Waals surface area (Å²) in [4.78, 5) is 29.4. The van der Waals surface area contributed by atoms with E-state index in [-0.39, 0.29) is 35.7 Å². The highest BCUT2D eigenvalue weighted by molar-refractivity contribution is 7.92. The molecule has 240 valence electrons. The number of sulfonamides is 1. The van der Waals surface area contributed by atoms with Gasteiger partial charge in [-0.05, 0) is 42.3 Å². The van der Waals surface area contributed by atoms with Gasteiger partial charge in [0.2, 0.25) is 11.8 Å². The number of benzene rings is 4. The molecule has 11 heteroatoms. The summed E-state index contributed by atoms with van der Waals surface area (Å²) in [7, 11) is -4.29. The molecule has 1 aliphatic rings. The van der Waals surface area contributed by atoms with Crippen LogP contribution in [0.4, 0.5) is 10.1 Å². The molecule has 0 radical (unpaired) electrons. The smallest absolute Gasteiger partial charge is 0.264 e. The predicted octanol–water partition coefficient (Wildman–Crippen LogP) is 4.96.